The number of carbonyl (C=O) groups excluding carboxylic acids is 10. The monoisotopic (exact) mass is 1210 g/mol. The fraction of sp³-hybridized carbons (Fsp3) is 0.621. The molecular formula is C58H83ClN8O16S. The number of methoxy groups -OCH3 is 2. The first kappa shape index (κ1) is 68.2. The van der Waals surface area contributed by atoms with E-state index in [1.807, 2.05) is 13.0 Å². The molecule has 4 heterocycles. The van der Waals surface area contributed by atoms with Crippen molar-refractivity contribution in [2.24, 2.45) is 5.92 Å². The number of allylic oxidation sites excluding steroid dienone is 3. The van der Waals surface area contributed by atoms with Crippen molar-refractivity contribution in [1.82, 2.24) is 36.4 Å². The van der Waals surface area contributed by atoms with E-state index in [1.54, 1.807) is 45.2 Å². The number of halogens is 1. The van der Waals surface area contributed by atoms with Gasteiger partial charge in [0.2, 0.25) is 35.4 Å². The van der Waals surface area contributed by atoms with Gasteiger partial charge in [-0.05, 0) is 97.1 Å². The van der Waals surface area contributed by atoms with E-state index in [-0.39, 0.29) is 66.8 Å². The minimum atomic E-state index is -1.88. The molecule has 1 aromatic rings. The maximum Gasteiger partial charge on any atom is 0.409 e. The van der Waals surface area contributed by atoms with Crippen LogP contribution in [0.15, 0.2) is 48.1 Å². The van der Waals surface area contributed by atoms with Crippen molar-refractivity contribution in [3.63, 3.8) is 0 Å². The zero-order chi connectivity index (χ0) is 62.2. The number of ether oxygens (including phenoxy) is 5. The largest absolute Gasteiger partial charge is 0.495 e. The molecular weight excluding hydrogens is 1130 g/mol. The predicted molar refractivity (Wildman–Crippen MR) is 312 cm³/mol. The van der Waals surface area contributed by atoms with Gasteiger partial charge in [0, 0.05) is 65.1 Å². The molecule has 4 bridgehead atoms. The number of anilines is 1. The van der Waals surface area contributed by atoms with Crippen molar-refractivity contribution < 1.29 is 76.7 Å². The third kappa shape index (κ3) is 18.5. The lowest BCUT2D eigenvalue weighted by Gasteiger charge is -2.42. The van der Waals surface area contributed by atoms with Gasteiger partial charge in [-0.25, -0.2) is 9.59 Å². The Morgan fingerprint density at radius 1 is 0.905 bits per heavy atom. The summed E-state index contributed by atoms with van der Waals surface area (Å²) < 4.78 is 29.5. The van der Waals surface area contributed by atoms with E-state index in [0.29, 0.717) is 62.1 Å². The number of hydrogen-bond donors (Lipinski definition) is 6. The van der Waals surface area contributed by atoms with Gasteiger partial charge in [0.05, 0.1) is 31.2 Å². The highest BCUT2D eigenvalue weighted by atomic mass is 35.5. The number of nitrogens with zero attached hydrogens (tertiary/aromatic N) is 3. The highest BCUT2D eigenvalue weighted by Gasteiger charge is 2.64. The number of imide groups is 1. The Bertz CT molecular complexity index is 2690. The smallest absolute Gasteiger partial charge is 0.409 e. The third-order valence-corrected chi connectivity index (χ3v) is 16.8. The molecule has 11 atom stereocenters. The number of amides is 9. The van der Waals surface area contributed by atoms with Gasteiger partial charge in [-0.15, -0.1) is 11.8 Å². The number of aliphatic hydroxyl groups is 1. The molecule has 0 radical (unpaired) electrons. The molecule has 5 rings (SSSR count). The maximum absolute atomic E-state index is 14.4. The fourth-order valence-electron chi connectivity index (χ4n) is 9.97. The van der Waals surface area contributed by atoms with Crippen LogP contribution < -0.4 is 36.2 Å². The van der Waals surface area contributed by atoms with Crippen LogP contribution in [0.5, 0.6) is 5.75 Å². The zero-order valence-electron chi connectivity index (χ0n) is 49.8. The summed E-state index contributed by atoms with van der Waals surface area (Å²) in [5, 5.41) is 25.0. The van der Waals surface area contributed by atoms with Crippen LogP contribution in [0.1, 0.15) is 118 Å². The van der Waals surface area contributed by atoms with Crippen LogP contribution in [0.2, 0.25) is 5.02 Å². The van der Waals surface area contributed by atoms with Crippen molar-refractivity contribution in [1.29, 1.82) is 0 Å². The lowest BCUT2D eigenvalue weighted by atomic mass is 9.83. The van der Waals surface area contributed by atoms with Crippen LogP contribution in [-0.2, 0) is 68.5 Å². The standard InChI is InChI=1S/C58H83ClN8O16S/c1-33-19-18-20-43(80-11)58(78)31-42(81-56(77)64-58)34(2)51-57(7,83-51)44(30-49(72)66(9)40-28-39(27-33)29-41(79-10)50(40)59)82-55(76)38(6)65(8)46(69)22-15-13-17-26-84-32-60-52(73)35(3)62-54(75)37(5)63-53(74)36(4)61-45(68)21-14-12-16-25-67-47(70)23-24-48(67)71/h18-20,23-24,28-29,34-38,42-44,51,78H,12-17,21-22,25-27,30-32H2,1-11H3,(H,60,73)(H,61,68)(H,62,75)(H,63,74)(H,64,77)/b20-18+,33-19+/t34-,35+,36+,37-,38+,42+,43-,44+,51+,57+,58+/m1/s1. The van der Waals surface area contributed by atoms with Gasteiger partial charge >= 0.3 is 12.1 Å². The van der Waals surface area contributed by atoms with E-state index in [2.05, 4.69) is 26.6 Å². The highest BCUT2D eigenvalue weighted by Crippen LogP contribution is 2.49. The quantitative estimate of drug-likeness (QED) is 0.0266. The molecule has 4 aliphatic heterocycles. The van der Waals surface area contributed by atoms with Crippen molar-refractivity contribution in [2.45, 2.75) is 179 Å². The molecule has 0 aromatic heterocycles. The second-order valence-electron chi connectivity index (χ2n) is 22.0. The number of unbranched alkanes of at least 4 members (excludes halogenated alkanes) is 4. The number of thioether (sulfide) groups is 1. The van der Waals surface area contributed by atoms with Crippen LogP contribution >= 0.6 is 23.4 Å². The van der Waals surface area contributed by atoms with Gasteiger partial charge in [-0.2, -0.15) is 0 Å². The van der Waals surface area contributed by atoms with Gasteiger partial charge in [0.1, 0.15) is 58.9 Å². The number of rotatable bonds is 25. The second kappa shape index (κ2) is 31.0. The molecule has 2 saturated heterocycles. The predicted octanol–water partition coefficient (Wildman–Crippen LogP) is 3.88. The number of benzene rings is 1. The topological polar surface area (TPSA) is 310 Å². The minimum Gasteiger partial charge on any atom is -0.495 e. The first-order valence-electron chi connectivity index (χ1n) is 28.3. The lowest BCUT2D eigenvalue weighted by molar-refractivity contribution is -0.162. The van der Waals surface area contributed by atoms with E-state index in [9.17, 15) is 53.1 Å². The molecule has 24 nitrogen and oxygen atoms in total. The van der Waals surface area contributed by atoms with E-state index in [4.69, 9.17) is 35.3 Å². The highest BCUT2D eigenvalue weighted by molar-refractivity contribution is 7.99. The molecule has 464 valence electrons. The number of nitrogens with one attached hydrogen (secondary N) is 5. The molecule has 1 aromatic carbocycles. The SMILES string of the molecule is COc1cc2cc(c1Cl)N(C)C(=O)C[C@H](OC(=O)[C@H](C)N(C)C(=O)CCCCCSCNC(=O)[C@H](C)NC(=O)[C@@H](C)NC(=O)[C@H](C)NC(=O)CCCCCN1C(=O)C=CC1=O)[C@]1(C)O[C@H]1[C@H](C)[C@@H]1C[C@@](O)(NC(=O)O1)[C@H](OC)/C=C/C=C(\C)C2. The summed E-state index contributed by atoms with van der Waals surface area (Å²) in [7, 11) is 5.93. The van der Waals surface area contributed by atoms with Crippen LogP contribution in [0.4, 0.5) is 10.5 Å². The fourth-order valence-corrected chi connectivity index (χ4v) is 11.1. The van der Waals surface area contributed by atoms with E-state index in [1.165, 1.54) is 82.7 Å². The lowest BCUT2D eigenvalue weighted by Crippen LogP contribution is -2.63. The molecule has 0 unspecified atom stereocenters. The molecule has 0 spiro atoms. The summed E-state index contributed by atoms with van der Waals surface area (Å²) in [4.78, 5) is 133. The van der Waals surface area contributed by atoms with E-state index < -0.39 is 102 Å². The Balaban J connectivity index is 1.06. The van der Waals surface area contributed by atoms with Crippen molar-refractivity contribution in [2.75, 3.05) is 51.4 Å². The van der Waals surface area contributed by atoms with Gasteiger partial charge in [0.15, 0.2) is 5.72 Å². The van der Waals surface area contributed by atoms with Gasteiger partial charge < -0.3 is 59.9 Å². The van der Waals surface area contributed by atoms with Crippen molar-refractivity contribution >= 4 is 88.4 Å². The number of alkyl carbamates (subject to hydrolysis) is 1. The third-order valence-electron chi connectivity index (χ3n) is 15.5. The summed E-state index contributed by atoms with van der Waals surface area (Å²) in [6, 6.07) is -0.416. The summed E-state index contributed by atoms with van der Waals surface area (Å²) in [5.74, 6) is -3.66. The van der Waals surface area contributed by atoms with Crippen molar-refractivity contribution in [3.8, 4) is 5.75 Å². The Morgan fingerprint density at radius 3 is 2.19 bits per heavy atom. The van der Waals surface area contributed by atoms with Gasteiger partial charge in [0.25, 0.3) is 11.8 Å². The Hall–Kier alpha value is -6.54. The summed E-state index contributed by atoms with van der Waals surface area (Å²) in [6.07, 6.45) is 6.62. The minimum absolute atomic E-state index is 0.0968. The number of carbonyl (C=O) groups is 10. The van der Waals surface area contributed by atoms with E-state index >= 15 is 0 Å². The summed E-state index contributed by atoms with van der Waals surface area (Å²) in [6.45, 7) is 11.6. The van der Waals surface area contributed by atoms with Crippen LogP contribution in [0, 0.1) is 5.92 Å². The van der Waals surface area contributed by atoms with Crippen LogP contribution in [0.25, 0.3) is 0 Å². The van der Waals surface area contributed by atoms with Gasteiger partial charge in [-0.1, -0.05) is 55.2 Å². The maximum atomic E-state index is 14.4. The zero-order valence-corrected chi connectivity index (χ0v) is 51.4. The first-order valence-corrected chi connectivity index (χ1v) is 29.8. The number of epoxide rings is 1. The van der Waals surface area contributed by atoms with Crippen LogP contribution in [0.3, 0.4) is 0 Å². The summed E-state index contributed by atoms with van der Waals surface area (Å²) >= 11 is 8.27. The Kier molecular flexibility index (Phi) is 25.2. The average molecular weight is 1220 g/mol. The van der Waals surface area contributed by atoms with Gasteiger partial charge in [-0.3, -0.25) is 48.6 Å². The molecule has 84 heavy (non-hydrogen) atoms. The molecule has 4 aliphatic rings. The molecule has 0 aliphatic carbocycles. The Labute approximate surface area is 500 Å². The number of fused-ring (bicyclic) bond motifs is 5. The van der Waals surface area contributed by atoms with E-state index in [0.717, 1.165) is 16.0 Å². The van der Waals surface area contributed by atoms with Crippen LogP contribution in [-0.4, -0.2) is 181 Å². The van der Waals surface area contributed by atoms with Crippen molar-refractivity contribution in [3.05, 3.63) is 58.7 Å². The summed E-state index contributed by atoms with van der Waals surface area (Å²) in [5.41, 5.74) is -1.15. The molecule has 6 N–H and O–H groups in total. The molecule has 9 amide bonds. The molecule has 26 heteroatoms. The normalized spacial score (nSPS) is 25.7. The number of hydrogen-bond acceptors (Lipinski definition) is 17. The molecule has 0 saturated carbocycles. The number of esters is 1. The number of likely N-dealkylation sites (N-methyl/N-ethyl adjacent to an activating group) is 1. The second-order valence-corrected chi connectivity index (χ2v) is 23.5. The first-order chi connectivity index (χ1) is 39.6. The average Bonchev–Trinajstić information content (AvgIpc) is 1.77. The Morgan fingerprint density at radius 2 is 1.54 bits per heavy atom. The molecule has 2 fully saturated rings.